The zero-order chi connectivity index (χ0) is 12.7. The van der Waals surface area contributed by atoms with Crippen LogP contribution in [0.2, 0.25) is 5.02 Å². The van der Waals surface area contributed by atoms with Gasteiger partial charge in [0, 0.05) is 17.8 Å². The molecule has 4 nitrogen and oxygen atoms in total. The van der Waals surface area contributed by atoms with Crippen molar-refractivity contribution in [2.45, 2.75) is 31.7 Å². The van der Waals surface area contributed by atoms with Crippen LogP contribution < -0.4 is 5.32 Å². The molecule has 0 saturated heterocycles. The highest BCUT2D eigenvalue weighted by Gasteiger charge is 2.41. The van der Waals surface area contributed by atoms with Crippen LogP contribution in [-0.4, -0.2) is 11.0 Å². The molecule has 1 aromatic rings. The second-order valence-electron chi connectivity index (χ2n) is 5.27. The summed E-state index contributed by atoms with van der Waals surface area (Å²) in [5.41, 5.74) is 0.793. The number of nitrogens with zero attached hydrogens (tertiary/aromatic N) is 1. The molecule has 0 amide bonds. The lowest BCUT2D eigenvalue weighted by molar-refractivity contribution is -0.384. The Bertz CT molecular complexity index is 472. The summed E-state index contributed by atoms with van der Waals surface area (Å²) >= 11 is 5.81. The number of nitrogens with one attached hydrogen (secondary N) is 1. The number of rotatable bonds is 5. The first-order chi connectivity index (χ1) is 8.65. The van der Waals surface area contributed by atoms with E-state index >= 15 is 0 Å². The Morgan fingerprint density at radius 2 is 1.89 bits per heavy atom. The van der Waals surface area contributed by atoms with E-state index in [9.17, 15) is 10.1 Å². The molecule has 0 bridgehead atoms. The van der Waals surface area contributed by atoms with Crippen molar-refractivity contribution in [3.05, 3.63) is 33.3 Å². The molecule has 96 valence electrons. The lowest BCUT2D eigenvalue weighted by Gasteiger charge is -2.19. The number of nitro groups is 1. The number of nitro benzene ring substituents is 1. The molecule has 0 radical (unpaired) electrons. The van der Waals surface area contributed by atoms with Gasteiger partial charge in [-0.15, -0.1) is 0 Å². The Labute approximate surface area is 110 Å². The minimum absolute atomic E-state index is 0.0213. The van der Waals surface area contributed by atoms with Gasteiger partial charge in [-0.1, -0.05) is 11.6 Å². The number of hydrogen-bond acceptors (Lipinski definition) is 3. The van der Waals surface area contributed by atoms with E-state index in [1.165, 1.54) is 25.7 Å². The van der Waals surface area contributed by atoms with Gasteiger partial charge in [0.05, 0.1) is 4.92 Å². The van der Waals surface area contributed by atoms with Gasteiger partial charge in [-0.25, -0.2) is 0 Å². The average molecular weight is 267 g/mol. The highest BCUT2D eigenvalue weighted by Crippen LogP contribution is 2.46. The molecule has 2 aliphatic rings. The van der Waals surface area contributed by atoms with E-state index in [1.807, 2.05) is 6.07 Å². The Balaban J connectivity index is 1.78. The zero-order valence-electron chi connectivity index (χ0n) is 9.93. The molecule has 5 heteroatoms. The third-order valence-corrected chi connectivity index (χ3v) is 4.06. The molecule has 3 rings (SSSR count). The molecule has 0 unspecified atom stereocenters. The molecule has 2 aliphatic carbocycles. The summed E-state index contributed by atoms with van der Waals surface area (Å²) < 4.78 is 0. The highest BCUT2D eigenvalue weighted by molar-refractivity contribution is 6.32. The van der Waals surface area contributed by atoms with Crippen molar-refractivity contribution in [3.63, 3.8) is 0 Å². The predicted octanol–water partition coefficient (Wildman–Crippen LogP) is 3.85. The lowest BCUT2D eigenvalue weighted by Crippen LogP contribution is -2.24. The number of hydrogen-bond donors (Lipinski definition) is 1. The molecule has 0 spiro atoms. The van der Waals surface area contributed by atoms with E-state index in [4.69, 9.17) is 11.6 Å². The maximum Gasteiger partial charge on any atom is 0.289 e. The van der Waals surface area contributed by atoms with E-state index in [0.29, 0.717) is 6.04 Å². The number of anilines is 1. The quantitative estimate of drug-likeness (QED) is 0.651. The topological polar surface area (TPSA) is 55.2 Å². The smallest absolute Gasteiger partial charge is 0.289 e. The molecule has 2 fully saturated rings. The van der Waals surface area contributed by atoms with Crippen LogP contribution >= 0.6 is 11.6 Å². The summed E-state index contributed by atoms with van der Waals surface area (Å²) in [5.74, 6) is 1.51. The fourth-order valence-electron chi connectivity index (χ4n) is 2.47. The lowest BCUT2D eigenvalue weighted by atomic mass is 10.1. The fraction of sp³-hybridized carbons (Fsp3) is 0.538. The van der Waals surface area contributed by atoms with Crippen LogP contribution in [0.3, 0.4) is 0 Å². The van der Waals surface area contributed by atoms with Crippen molar-refractivity contribution in [1.29, 1.82) is 0 Å². The summed E-state index contributed by atoms with van der Waals surface area (Å²) in [6.45, 7) is 0. The standard InChI is InChI=1S/C13H15ClN2O2/c14-11-6-5-10(7-12(11)16(17)18)15-13(8-1-2-8)9-3-4-9/h5-9,13,15H,1-4H2. The van der Waals surface area contributed by atoms with Gasteiger partial charge in [0.25, 0.3) is 5.69 Å². The summed E-state index contributed by atoms with van der Waals surface area (Å²) in [5, 5.41) is 14.5. The van der Waals surface area contributed by atoms with Gasteiger partial charge in [0.15, 0.2) is 0 Å². The van der Waals surface area contributed by atoms with Crippen LogP contribution in [0.5, 0.6) is 0 Å². The van der Waals surface area contributed by atoms with E-state index < -0.39 is 4.92 Å². The van der Waals surface area contributed by atoms with Crippen molar-refractivity contribution < 1.29 is 4.92 Å². The van der Waals surface area contributed by atoms with Gasteiger partial charge in [-0.2, -0.15) is 0 Å². The van der Waals surface area contributed by atoms with E-state index in [2.05, 4.69) is 5.32 Å². The van der Waals surface area contributed by atoms with Crippen molar-refractivity contribution >= 4 is 23.0 Å². The third-order valence-electron chi connectivity index (χ3n) is 3.74. The highest BCUT2D eigenvalue weighted by atomic mass is 35.5. The van der Waals surface area contributed by atoms with Crippen LogP contribution in [0, 0.1) is 22.0 Å². The van der Waals surface area contributed by atoms with Crippen LogP contribution in [0.25, 0.3) is 0 Å². The monoisotopic (exact) mass is 266 g/mol. The minimum Gasteiger partial charge on any atom is -0.382 e. The molecular weight excluding hydrogens is 252 g/mol. The molecule has 1 aromatic carbocycles. The third kappa shape index (κ3) is 2.43. The Morgan fingerprint density at radius 3 is 2.39 bits per heavy atom. The normalized spacial score (nSPS) is 19.0. The summed E-state index contributed by atoms with van der Waals surface area (Å²) in [4.78, 5) is 10.4. The van der Waals surface area contributed by atoms with Crippen molar-refractivity contribution in [2.24, 2.45) is 11.8 Å². The maximum absolute atomic E-state index is 10.8. The van der Waals surface area contributed by atoms with Gasteiger partial charge in [0.1, 0.15) is 5.02 Å². The van der Waals surface area contributed by atoms with Crippen molar-refractivity contribution in [2.75, 3.05) is 5.32 Å². The van der Waals surface area contributed by atoms with Crippen LogP contribution in [0.4, 0.5) is 11.4 Å². The largest absolute Gasteiger partial charge is 0.382 e. The molecular formula is C13H15ClN2O2. The van der Waals surface area contributed by atoms with Crippen LogP contribution in [0.15, 0.2) is 18.2 Å². The maximum atomic E-state index is 10.8. The predicted molar refractivity (Wildman–Crippen MR) is 71.0 cm³/mol. The van der Waals surface area contributed by atoms with Crippen LogP contribution in [-0.2, 0) is 0 Å². The first kappa shape index (κ1) is 11.8. The van der Waals surface area contributed by atoms with Crippen molar-refractivity contribution in [1.82, 2.24) is 0 Å². The second-order valence-corrected chi connectivity index (χ2v) is 5.68. The molecule has 0 heterocycles. The summed E-state index contributed by atoms with van der Waals surface area (Å²) in [6.07, 6.45) is 5.13. The molecule has 18 heavy (non-hydrogen) atoms. The number of halogens is 1. The fourth-order valence-corrected chi connectivity index (χ4v) is 2.65. The molecule has 0 atom stereocenters. The number of benzene rings is 1. The molecule has 1 N–H and O–H groups in total. The first-order valence-electron chi connectivity index (χ1n) is 6.35. The summed E-state index contributed by atoms with van der Waals surface area (Å²) in [7, 11) is 0. The SMILES string of the molecule is O=[N+]([O-])c1cc(NC(C2CC2)C2CC2)ccc1Cl. The van der Waals surface area contributed by atoms with Crippen LogP contribution in [0.1, 0.15) is 25.7 Å². The second kappa shape index (κ2) is 4.43. The van der Waals surface area contributed by atoms with Gasteiger partial charge < -0.3 is 5.32 Å². The van der Waals surface area contributed by atoms with Crippen molar-refractivity contribution in [3.8, 4) is 0 Å². The van der Waals surface area contributed by atoms with E-state index in [-0.39, 0.29) is 10.7 Å². The van der Waals surface area contributed by atoms with Gasteiger partial charge >= 0.3 is 0 Å². The Kier molecular flexibility index (Phi) is 2.90. The molecule has 2 saturated carbocycles. The zero-order valence-corrected chi connectivity index (χ0v) is 10.7. The summed E-state index contributed by atoms with van der Waals surface area (Å²) in [6, 6.07) is 5.46. The van der Waals surface area contributed by atoms with E-state index in [1.54, 1.807) is 12.1 Å². The molecule has 0 aliphatic heterocycles. The van der Waals surface area contributed by atoms with E-state index in [0.717, 1.165) is 17.5 Å². The first-order valence-corrected chi connectivity index (χ1v) is 6.73. The Morgan fingerprint density at radius 1 is 1.28 bits per heavy atom. The van der Waals surface area contributed by atoms with Gasteiger partial charge in [-0.3, -0.25) is 10.1 Å². The minimum atomic E-state index is -0.434. The Hall–Kier alpha value is -1.29. The molecule has 0 aromatic heterocycles. The average Bonchev–Trinajstić information content (AvgIpc) is 3.20. The van der Waals surface area contributed by atoms with Gasteiger partial charge in [-0.05, 0) is 49.7 Å². The van der Waals surface area contributed by atoms with Gasteiger partial charge in [0.2, 0.25) is 0 Å².